The van der Waals surface area contributed by atoms with Crippen LogP contribution in [0.2, 0.25) is 0 Å². The van der Waals surface area contributed by atoms with Gasteiger partial charge < -0.3 is 4.90 Å². The van der Waals surface area contributed by atoms with Gasteiger partial charge in [0.25, 0.3) is 5.01 Å². The highest BCUT2D eigenvalue weighted by atomic mass is 32.2. The number of thioether (sulfide) groups is 1. The van der Waals surface area contributed by atoms with Crippen LogP contribution in [0.25, 0.3) is 16.3 Å². The largest absolute Gasteiger partial charge is 0.335 e. The van der Waals surface area contributed by atoms with Crippen molar-refractivity contribution in [2.45, 2.75) is 52.0 Å². The minimum Gasteiger partial charge on any atom is -0.335 e. The molecule has 1 aliphatic heterocycles. The molecular weight excluding hydrogens is 477 g/mol. The Balaban J connectivity index is 1.35. The summed E-state index contributed by atoms with van der Waals surface area (Å²) in [5, 5.41) is 2.63. The Kier molecular flexibility index (Phi) is 7.36. The van der Waals surface area contributed by atoms with Crippen molar-refractivity contribution < 1.29 is 4.57 Å². The average molecular weight is 512 g/mol. The number of aromatic nitrogens is 1. The van der Waals surface area contributed by atoms with Crippen molar-refractivity contribution in [3.05, 3.63) is 106 Å². The van der Waals surface area contributed by atoms with Gasteiger partial charge in [-0.25, -0.2) is 0 Å². The molecule has 184 valence electrons. The average Bonchev–Trinajstić information content (AvgIpc) is 3.39. The second-order valence-electron chi connectivity index (χ2n) is 10.2. The van der Waals surface area contributed by atoms with Crippen LogP contribution in [-0.4, -0.2) is 6.54 Å². The van der Waals surface area contributed by atoms with Gasteiger partial charge in [0.2, 0.25) is 5.52 Å². The maximum atomic E-state index is 2.44. The Hall–Kier alpha value is -2.82. The van der Waals surface area contributed by atoms with Crippen LogP contribution in [0.3, 0.4) is 0 Å². The molecule has 0 saturated heterocycles. The van der Waals surface area contributed by atoms with E-state index in [1.54, 1.807) is 0 Å². The molecule has 0 spiro atoms. The third-order valence-electron chi connectivity index (χ3n) is 6.72. The van der Waals surface area contributed by atoms with E-state index in [1.165, 1.54) is 42.0 Å². The van der Waals surface area contributed by atoms with Crippen LogP contribution in [-0.2, 0) is 6.54 Å². The van der Waals surface area contributed by atoms with E-state index in [0.717, 1.165) is 25.9 Å². The van der Waals surface area contributed by atoms with E-state index >= 15 is 0 Å². The summed E-state index contributed by atoms with van der Waals surface area (Å²) in [6.07, 6.45) is 18.1. The Bertz CT molecular complexity index is 1410. The van der Waals surface area contributed by atoms with Gasteiger partial charge in [-0.3, -0.25) is 0 Å². The zero-order chi connectivity index (χ0) is 25.1. The molecular formula is C32H35N2S2+. The molecule has 4 heteroatoms. The topological polar surface area (TPSA) is 7.12 Å². The van der Waals surface area contributed by atoms with E-state index in [9.17, 15) is 0 Å². The van der Waals surface area contributed by atoms with Crippen molar-refractivity contribution in [1.29, 1.82) is 0 Å². The number of allylic oxidation sites excluding steroid dienone is 8. The predicted molar refractivity (Wildman–Crippen MR) is 158 cm³/mol. The van der Waals surface area contributed by atoms with Crippen molar-refractivity contribution in [1.82, 2.24) is 0 Å². The van der Waals surface area contributed by atoms with Gasteiger partial charge in [0.05, 0.1) is 10.7 Å². The molecule has 2 aromatic carbocycles. The lowest BCUT2D eigenvalue weighted by Gasteiger charge is -2.31. The summed E-state index contributed by atoms with van der Waals surface area (Å²) in [6, 6.07) is 17.4. The highest BCUT2D eigenvalue weighted by molar-refractivity contribution is 8.03. The fraction of sp³-hybridized carbons (Fsp3) is 0.281. The molecule has 0 atom stereocenters. The van der Waals surface area contributed by atoms with Gasteiger partial charge in [0, 0.05) is 23.6 Å². The van der Waals surface area contributed by atoms with E-state index in [-0.39, 0.29) is 5.41 Å². The maximum absolute atomic E-state index is 2.44. The zero-order valence-corrected chi connectivity index (χ0v) is 23.3. The number of anilines is 1. The highest BCUT2D eigenvalue weighted by Gasteiger charge is 2.27. The molecule has 5 rings (SSSR count). The minimum atomic E-state index is 0.258. The van der Waals surface area contributed by atoms with Gasteiger partial charge in [-0.1, -0.05) is 91.6 Å². The van der Waals surface area contributed by atoms with Crippen molar-refractivity contribution in [3.8, 4) is 0 Å². The second kappa shape index (κ2) is 10.7. The van der Waals surface area contributed by atoms with Crippen molar-refractivity contribution in [2.24, 2.45) is 5.41 Å². The summed E-state index contributed by atoms with van der Waals surface area (Å²) in [7, 11) is 0. The number of hydrogen-bond donors (Lipinski definition) is 0. The van der Waals surface area contributed by atoms with Gasteiger partial charge in [0.1, 0.15) is 11.2 Å². The fourth-order valence-electron chi connectivity index (χ4n) is 5.24. The lowest BCUT2D eigenvalue weighted by molar-refractivity contribution is -0.665. The van der Waals surface area contributed by atoms with Crippen molar-refractivity contribution >= 4 is 45.1 Å². The van der Waals surface area contributed by atoms with Crippen LogP contribution < -0.4 is 9.47 Å². The molecule has 2 heterocycles. The van der Waals surface area contributed by atoms with Crippen molar-refractivity contribution in [3.63, 3.8) is 0 Å². The summed E-state index contributed by atoms with van der Waals surface area (Å²) < 4.78 is 3.72. The summed E-state index contributed by atoms with van der Waals surface area (Å²) >= 11 is 3.75. The molecule has 0 radical (unpaired) electrons. The van der Waals surface area contributed by atoms with Crippen LogP contribution in [0.4, 0.5) is 5.69 Å². The van der Waals surface area contributed by atoms with Crippen LogP contribution in [0, 0.1) is 5.41 Å². The molecule has 2 nitrogen and oxygen atoms in total. The van der Waals surface area contributed by atoms with E-state index in [2.05, 4.69) is 128 Å². The molecule has 0 bridgehead atoms. The predicted octanol–water partition coefficient (Wildman–Crippen LogP) is 8.92. The molecule has 0 fully saturated rings. The summed E-state index contributed by atoms with van der Waals surface area (Å²) in [5.74, 6) is 0. The molecule has 0 N–H and O–H groups in total. The standard InChI is InChI=1S/C32H35N2S2/c1-5-33-26-15-10-12-17-28(26)35-30(33)19-9-7-8-14-24-20-25(23-32(3,4)22-24)21-31-34(6-2)27-16-11-13-18-29(27)36-31/h7-21H,5-6,22-23H2,1-4H3/q+1. The van der Waals surface area contributed by atoms with E-state index in [0.29, 0.717) is 0 Å². The number of benzene rings is 2. The first-order chi connectivity index (χ1) is 17.5. The Morgan fingerprint density at radius 3 is 2.61 bits per heavy atom. The van der Waals surface area contributed by atoms with Crippen LogP contribution in [0.5, 0.6) is 0 Å². The smallest absolute Gasteiger partial charge is 0.262 e. The van der Waals surface area contributed by atoms with E-state index in [4.69, 9.17) is 0 Å². The van der Waals surface area contributed by atoms with Gasteiger partial charge in [0.15, 0.2) is 0 Å². The lowest BCUT2D eigenvalue weighted by atomic mass is 9.75. The Morgan fingerprint density at radius 2 is 1.78 bits per heavy atom. The fourth-order valence-corrected chi connectivity index (χ4v) is 7.58. The lowest BCUT2D eigenvalue weighted by Crippen LogP contribution is -2.33. The Labute approximate surface area is 224 Å². The molecule has 1 aromatic heterocycles. The number of thiazole rings is 1. The van der Waals surface area contributed by atoms with Crippen molar-refractivity contribution in [2.75, 3.05) is 11.4 Å². The monoisotopic (exact) mass is 511 g/mol. The number of hydrogen-bond acceptors (Lipinski definition) is 3. The highest BCUT2D eigenvalue weighted by Crippen LogP contribution is 2.47. The third kappa shape index (κ3) is 5.30. The summed E-state index contributed by atoms with van der Waals surface area (Å²) in [4.78, 5) is 3.79. The summed E-state index contributed by atoms with van der Waals surface area (Å²) in [5.41, 5.74) is 5.73. The van der Waals surface area contributed by atoms with E-state index in [1.807, 2.05) is 23.1 Å². The number of para-hydroxylation sites is 2. The quantitative estimate of drug-likeness (QED) is 0.241. The summed E-state index contributed by atoms with van der Waals surface area (Å²) in [6.45, 7) is 11.2. The second-order valence-corrected chi connectivity index (χ2v) is 12.3. The number of aryl methyl sites for hydroxylation is 1. The number of rotatable bonds is 6. The van der Waals surface area contributed by atoms with E-state index < -0.39 is 0 Å². The minimum absolute atomic E-state index is 0.258. The first kappa shape index (κ1) is 24.9. The molecule has 0 amide bonds. The van der Waals surface area contributed by atoms with Gasteiger partial charge in [-0.2, -0.15) is 4.57 Å². The van der Waals surface area contributed by atoms with Gasteiger partial charge in [-0.05, 0) is 67.5 Å². The number of fused-ring (bicyclic) bond motifs is 2. The van der Waals surface area contributed by atoms with Crippen LogP contribution in [0.15, 0.2) is 106 Å². The molecule has 3 aromatic rings. The normalized spacial score (nSPS) is 19.8. The van der Waals surface area contributed by atoms with Crippen LogP contribution in [0.1, 0.15) is 45.5 Å². The maximum Gasteiger partial charge on any atom is 0.262 e. The Morgan fingerprint density at radius 1 is 0.972 bits per heavy atom. The molecule has 1 aliphatic carbocycles. The zero-order valence-electron chi connectivity index (χ0n) is 21.7. The molecule has 0 saturated carbocycles. The number of nitrogens with zero attached hydrogens (tertiary/aromatic N) is 2. The van der Waals surface area contributed by atoms with Crippen LogP contribution >= 0.6 is 23.1 Å². The molecule has 0 unspecified atom stereocenters. The SMILES string of the molecule is CCN1/C(=C/C2=CC(=C/C=C/C=C/c3sc4ccccc4[n+]3CC)/CC(C)(C)C2)Sc2ccccc21. The molecule has 36 heavy (non-hydrogen) atoms. The van der Waals surface area contributed by atoms with Gasteiger partial charge >= 0.3 is 0 Å². The third-order valence-corrected chi connectivity index (χ3v) is 8.97. The van der Waals surface area contributed by atoms with Gasteiger partial charge in [-0.15, -0.1) is 0 Å². The molecule has 2 aliphatic rings. The first-order valence-corrected chi connectivity index (χ1v) is 14.5. The first-order valence-electron chi connectivity index (χ1n) is 12.9.